The van der Waals surface area contributed by atoms with Gasteiger partial charge in [-0.25, -0.2) is 0 Å². The van der Waals surface area contributed by atoms with Gasteiger partial charge in [-0.1, -0.05) is 0 Å². The van der Waals surface area contributed by atoms with Crippen LogP contribution in [0.1, 0.15) is 6.92 Å². The molecule has 1 aliphatic rings. The van der Waals surface area contributed by atoms with E-state index in [4.69, 9.17) is 15.1 Å². The molecule has 0 radical (unpaired) electrons. The van der Waals surface area contributed by atoms with Gasteiger partial charge < -0.3 is 15.1 Å². The zero-order valence-electron chi connectivity index (χ0n) is 5.32. The van der Waals surface area contributed by atoms with Crippen molar-refractivity contribution in [3.8, 4) is 0 Å². The van der Waals surface area contributed by atoms with E-state index in [0.717, 1.165) is 5.06 Å². The topological polar surface area (TPSA) is 52.9 Å². The molecule has 0 aliphatic carbocycles. The maximum absolute atomic E-state index is 9.00. The van der Waals surface area contributed by atoms with Gasteiger partial charge in [0.15, 0.2) is 6.23 Å². The molecule has 0 saturated carbocycles. The van der Waals surface area contributed by atoms with Crippen molar-refractivity contribution in [3.05, 3.63) is 0 Å². The average Bonchev–Trinajstić information content (AvgIpc) is 1.83. The third-order valence-electron chi connectivity index (χ3n) is 1.43. The van der Waals surface area contributed by atoms with Crippen molar-refractivity contribution in [3.63, 3.8) is 0 Å². The largest absolute Gasteiger partial charge is 0.373 e. The Labute approximate surface area is 53.6 Å². The summed E-state index contributed by atoms with van der Waals surface area (Å²) in [5.74, 6) is 0. The van der Waals surface area contributed by atoms with Gasteiger partial charge >= 0.3 is 0 Å². The molecule has 0 bridgehead atoms. The van der Waals surface area contributed by atoms with Crippen molar-refractivity contribution in [2.24, 2.45) is 0 Å². The third kappa shape index (κ3) is 1.40. The Kier molecular flexibility index (Phi) is 2.02. The summed E-state index contributed by atoms with van der Waals surface area (Å²) in [6.45, 7) is 2.58. The predicted octanol–water partition coefficient (Wildman–Crippen LogP) is -0.585. The van der Waals surface area contributed by atoms with Gasteiger partial charge in [-0.05, 0) is 6.92 Å². The zero-order valence-corrected chi connectivity index (χ0v) is 5.32. The summed E-state index contributed by atoms with van der Waals surface area (Å²) in [5.41, 5.74) is 0. The second-order valence-corrected chi connectivity index (χ2v) is 2.15. The number of morpholine rings is 1. The fraction of sp³-hybridized carbons (Fsp3) is 1.00. The Morgan fingerprint density at radius 1 is 1.67 bits per heavy atom. The number of aliphatic hydroxyl groups is 1. The van der Waals surface area contributed by atoms with E-state index in [1.54, 1.807) is 6.92 Å². The van der Waals surface area contributed by atoms with Crippen LogP contribution >= 0.6 is 0 Å². The Bertz CT molecular complexity index is 88.2. The molecular formula is C5H11NO3. The van der Waals surface area contributed by atoms with Crippen molar-refractivity contribution >= 4 is 0 Å². The van der Waals surface area contributed by atoms with Gasteiger partial charge in [0.2, 0.25) is 0 Å². The maximum atomic E-state index is 9.00. The summed E-state index contributed by atoms with van der Waals surface area (Å²) in [6, 6.07) is 0. The second kappa shape index (κ2) is 2.62. The van der Waals surface area contributed by atoms with E-state index in [9.17, 15) is 0 Å². The molecule has 1 saturated heterocycles. The summed E-state index contributed by atoms with van der Waals surface area (Å²) in [5, 5.41) is 18.7. The highest BCUT2D eigenvalue weighted by atomic mass is 16.6. The highest BCUT2D eigenvalue weighted by Crippen LogP contribution is 2.07. The van der Waals surface area contributed by atoms with Crippen molar-refractivity contribution in [2.75, 3.05) is 13.2 Å². The maximum Gasteiger partial charge on any atom is 0.155 e. The highest BCUT2D eigenvalue weighted by Gasteiger charge is 2.25. The van der Waals surface area contributed by atoms with E-state index >= 15 is 0 Å². The average molecular weight is 133 g/mol. The van der Waals surface area contributed by atoms with Crippen molar-refractivity contribution in [1.82, 2.24) is 5.06 Å². The van der Waals surface area contributed by atoms with Crippen LogP contribution in [0.15, 0.2) is 0 Å². The minimum atomic E-state index is -0.862. The van der Waals surface area contributed by atoms with Crippen molar-refractivity contribution in [1.29, 1.82) is 0 Å². The molecule has 54 valence electrons. The minimum absolute atomic E-state index is 0.288. The van der Waals surface area contributed by atoms with Crippen molar-refractivity contribution in [2.45, 2.75) is 19.3 Å². The first-order valence-electron chi connectivity index (χ1n) is 2.97. The van der Waals surface area contributed by atoms with Crippen LogP contribution in [0.2, 0.25) is 0 Å². The van der Waals surface area contributed by atoms with Gasteiger partial charge in [0.1, 0.15) is 0 Å². The number of ether oxygens (including phenoxy) is 1. The first kappa shape index (κ1) is 6.95. The van der Waals surface area contributed by atoms with Gasteiger partial charge in [-0.3, -0.25) is 0 Å². The lowest BCUT2D eigenvalue weighted by Gasteiger charge is -2.31. The van der Waals surface area contributed by atoms with E-state index in [0.29, 0.717) is 13.2 Å². The first-order valence-corrected chi connectivity index (χ1v) is 2.97. The number of rotatable bonds is 0. The first-order chi connectivity index (χ1) is 4.22. The Morgan fingerprint density at radius 2 is 2.33 bits per heavy atom. The molecule has 4 heteroatoms. The van der Waals surface area contributed by atoms with Crippen LogP contribution < -0.4 is 0 Å². The lowest BCUT2D eigenvalue weighted by Crippen LogP contribution is -2.48. The molecule has 0 aromatic carbocycles. The molecular weight excluding hydrogens is 122 g/mol. The van der Waals surface area contributed by atoms with Crippen LogP contribution in [0.5, 0.6) is 0 Å². The van der Waals surface area contributed by atoms with E-state index in [1.165, 1.54) is 0 Å². The van der Waals surface area contributed by atoms with Gasteiger partial charge in [-0.2, -0.15) is 5.06 Å². The predicted molar refractivity (Wildman–Crippen MR) is 29.9 cm³/mol. The molecule has 2 N–H and O–H groups in total. The molecule has 1 fully saturated rings. The van der Waals surface area contributed by atoms with Crippen LogP contribution in [-0.2, 0) is 4.74 Å². The molecule has 4 nitrogen and oxygen atoms in total. The monoisotopic (exact) mass is 133 g/mol. The van der Waals surface area contributed by atoms with Gasteiger partial charge in [0.25, 0.3) is 0 Å². The molecule has 1 rings (SSSR count). The summed E-state index contributed by atoms with van der Waals surface area (Å²) in [7, 11) is 0. The number of aliphatic hydroxyl groups excluding tert-OH is 1. The van der Waals surface area contributed by atoms with Crippen LogP contribution in [0.3, 0.4) is 0 Å². The van der Waals surface area contributed by atoms with Crippen LogP contribution in [0.25, 0.3) is 0 Å². The molecule has 1 heterocycles. The summed E-state index contributed by atoms with van der Waals surface area (Å²) >= 11 is 0. The fourth-order valence-electron chi connectivity index (χ4n) is 0.793. The van der Waals surface area contributed by atoms with E-state index < -0.39 is 6.23 Å². The summed E-state index contributed by atoms with van der Waals surface area (Å²) < 4.78 is 5.01. The summed E-state index contributed by atoms with van der Waals surface area (Å²) in [6.07, 6.45) is -1.15. The molecule has 0 amide bonds. The van der Waals surface area contributed by atoms with Crippen LogP contribution in [-0.4, -0.2) is 40.9 Å². The Balaban J connectivity index is 2.41. The van der Waals surface area contributed by atoms with E-state index in [2.05, 4.69) is 0 Å². The van der Waals surface area contributed by atoms with E-state index in [1.807, 2.05) is 0 Å². The number of hydrogen-bond donors (Lipinski definition) is 2. The van der Waals surface area contributed by atoms with E-state index in [-0.39, 0.29) is 6.10 Å². The fourth-order valence-corrected chi connectivity index (χ4v) is 0.793. The molecule has 2 unspecified atom stereocenters. The zero-order chi connectivity index (χ0) is 6.85. The third-order valence-corrected chi connectivity index (χ3v) is 1.43. The highest BCUT2D eigenvalue weighted by molar-refractivity contribution is 4.65. The Morgan fingerprint density at radius 3 is 2.78 bits per heavy atom. The quantitative estimate of drug-likeness (QED) is 0.464. The van der Waals surface area contributed by atoms with Gasteiger partial charge in [-0.15, -0.1) is 0 Å². The number of hydrogen-bond acceptors (Lipinski definition) is 4. The Hall–Kier alpha value is -0.160. The molecule has 0 aromatic heterocycles. The molecule has 0 aromatic rings. The van der Waals surface area contributed by atoms with Crippen LogP contribution in [0, 0.1) is 0 Å². The molecule has 2 atom stereocenters. The van der Waals surface area contributed by atoms with Gasteiger partial charge in [0.05, 0.1) is 19.3 Å². The minimum Gasteiger partial charge on any atom is -0.373 e. The number of nitrogens with zero attached hydrogens (tertiary/aromatic N) is 1. The molecule has 9 heavy (non-hydrogen) atoms. The smallest absolute Gasteiger partial charge is 0.155 e. The van der Waals surface area contributed by atoms with Crippen LogP contribution in [0.4, 0.5) is 0 Å². The SMILES string of the molecule is CC1OCCN(O)C1O. The molecule has 1 aliphatic heterocycles. The summed E-state index contributed by atoms with van der Waals surface area (Å²) in [4.78, 5) is 0. The lowest BCUT2D eigenvalue weighted by molar-refractivity contribution is -0.266. The normalized spacial score (nSPS) is 39.0. The van der Waals surface area contributed by atoms with Gasteiger partial charge in [0, 0.05) is 0 Å². The standard InChI is InChI=1S/C5H11NO3/c1-4-5(7)6(8)2-3-9-4/h4-5,7-8H,2-3H2,1H3. The lowest BCUT2D eigenvalue weighted by atomic mass is 10.3. The molecule has 0 spiro atoms. The second-order valence-electron chi connectivity index (χ2n) is 2.15. The van der Waals surface area contributed by atoms with Crippen molar-refractivity contribution < 1.29 is 15.1 Å². The number of hydroxylamine groups is 2.